The minimum Gasteiger partial charge on any atom is -0.350 e. The van der Waals surface area contributed by atoms with E-state index in [1.54, 1.807) is 18.2 Å². The number of carbonyl (C=O) groups excluding carboxylic acids is 1. The molecular formula is C11H10Cl2O3. The monoisotopic (exact) mass is 260 g/mol. The van der Waals surface area contributed by atoms with Crippen LogP contribution < -0.4 is 0 Å². The first-order valence-corrected chi connectivity index (χ1v) is 5.64. The summed E-state index contributed by atoms with van der Waals surface area (Å²) >= 11 is 11.6. The first-order chi connectivity index (χ1) is 7.66. The van der Waals surface area contributed by atoms with Crippen molar-refractivity contribution in [1.29, 1.82) is 0 Å². The van der Waals surface area contributed by atoms with Gasteiger partial charge in [0, 0.05) is 5.56 Å². The van der Waals surface area contributed by atoms with Crippen LogP contribution in [0, 0.1) is 0 Å². The zero-order chi connectivity index (χ0) is 11.5. The number of carbonyl (C=O) groups is 1. The molecule has 1 aromatic carbocycles. The van der Waals surface area contributed by atoms with Gasteiger partial charge in [0.1, 0.15) is 0 Å². The highest BCUT2D eigenvalue weighted by Crippen LogP contribution is 2.23. The molecule has 0 atom stereocenters. The molecule has 0 saturated carbocycles. The zero-order valence-electron chi connectivity index (χ0n) is 8.41. The highest BCUT2D eigenvalue weighted by molar-refractivity contribution is 6.42. The lowest BCUT2D eigenvalue weighted by Crippen LogP contribution is -2.14. The highest BCUT2D eigenvalue weighted by Gasteiger charge is 2.20. The molecule has 1 heterocycles. The molecule has 0 N–H and O–H groups in total. The highest BCUT2D eigenvalue weighted by atomic mass is 35.5. The normalized spacial score (nSPS) is 16.6. The van der Waals surface area contributed by atoms with Crippen LogP contribution in [0.1, 0.15) is 16.8 Å². The van der Waals surface area contributed by atoms with Gasteiger partial charge in [-0.3, -0.25) is 4.79 Å². The summed E-state index contributed by atoms with van der Waals surface area (Å²) in [6.45, 7) is 1.08. The maximum Gasteiger partial charge on any atom is 0.167 e. The Morgan fingerprint density at radius 3 is 2.56 bits per heavy atom. The average molecular weight is 261 g/mol. The number of halogens is 2. The van der Waals surface area contributed by atoms with Crippen LogP contribution in [0.4, 0.5) is 0 Å². The molecule has 0 radical (unpaired) electrons. The molecule has 3 nitrogen and oxygen atoms in total. The van der Waals surface area contributed by atoms with E-state index in [4.69, 9.17) is 32.7 Å². The minimum atomic E-state index is -0.429. The molecule has 0 unspecified atom stereocenters. The van der Waals surface area contributed by atoms with Crippen LogP contribution in [0.15, 0.2) is 18.2 Å². The Bertz CT molecular complexity index is 400. The number of hydrogen-bond donors (Lipinski definition) is 0. The summed E-state index contributed by atoms with van der Waals surface area (Å²) in [5.74, 6) is -0.0644. The van der Waals surface area contributed by atoms with Crippen LogP contribution in [0.3, 0.4) is 0 Å². The van der Waals surface area contributed by atoms with Gasteiger partial charge in [0.15, 0.2) is 12.1 Å². The van der Waals surface area contributed by atoms with Crippen molar-refractivity contribution in [2.75, 3.05) is 13.2 Å². The number of ether oxygens (including phenoxy) is 2. The molecule has 0 bridgehead atoms. The van der Waals surface area contributed by atoms with Gasteiger partial charge < -0.3 is 9.47 Å². The van der Waals surface area contributed by atoms with Crippen LogP contribution in [-0.2, 0) is 9.47 Å². The van der Waals surface area contributed by atoms with E-state index < -0.39 is 6.29 Å². The van der Waals surface area contributed by atoms with Crippen LogP contribution >= 0.6 is 23.2 Å². The lowest BCUT2D eigenvalue weighted by molar-refractivity contribution is -0.0407. The van der Waals surface area contributed by atoms with E-state index in [9.17, 15) is 4.79 Å². The molecule has 0 spiro atoms. The first kappa shape index (κ1) is 11.9. The van der Waals surface area contributed by atoms with Crippen molar-refractivity contribution in [3.05, 3.63) is 33.8 Å². The zero-order valence-corrected chi connectivity index (χ0v) is 9.92. The van der Waals surface area contributed by atoms with Crippen molar-refractivity contribution in [1.82, 2.24) is 0 Å². The second kappa shape index (κ2) is 5.15. The molecule has 1 saturated heterocycles. The Labute approximate surface area is 103 Å². The summed E-state index contributed by atoms with van der Waals surface area (Å²) in [6.07, 6.45) is -0.222. The van der Waals surface area contributed by atoms with E-state index in [1.807, 2.05) is 0 Å². The number of rotatable bonds is 3. The fourth-order valence-corrected chi connectivity index (χ4v) is 1.76. The molecule has 5 heteroatoms. The van der Waals surface area contributed by atoms with Crippen molar-refractivity contribution in [2.45, 2.75) is 12.7 Å². The molecule has 16 heavy (non-hydrogen) atoms. The summed E-state index contributed by atoms with van der Waals surface area (Å²) in [4.78, 5) is 11.8. The molecule has 1 aromatic rings. The smallest absolute Gasteiger partial charge is 0.167 e. The van der Waals surface area contributed by atoms with E-state index in [0.717, 1.165) is 0 Å². The van der Waals surface area contributed by atoms with Crippen LogP contribution in [0.5, 0.6) is 0 Å². The lowest BCUT2D eigenvalue weighted by Gasteiger charge is -2.08. The number of Topliss-reactive ketones (excluding diaryl/α,β-unsaturated/α-hetero) is 1. The van der Waals surface area contributed by atoms with Crippen molar-refractivity contribution >= 4 is 29.0 Å². The van der Waals surface area contributed by atoms with Crippen molar-refractivity contribution < 1.29 is 14.3 Å². The Kier molecular flexibility index (Phi) is 3.82. The Hall–Kier alpha value is -0.610. The Morgan fingerprint density at radius 2 is 1.94 bits per heavy atom. The van der Waals surface area contributed by atoms with Crippen molar-refractivity contribution in [2.24, 2.45) is 0 Å². The molecule has 86 valence electrons. The summed E-state index contributed by atoms with van der Waals surface area (Å²) in [6, 6.07) is 4.81. The second-order valence-electron chi connectivity index (χ2n) is 3.43. The standard InChI is InChI=1S/C11H10Cl2O3/c12-8-2-1-7(5-9(8)13)10(14)6-11-15-3-4-16-11/h1-2,5,11H,3-4,6H2. The van der Waals surface area contributed by atoms with Gasteiger partial charge in [0.2, 0.25) is 0 Å². The number of benzene rings is 1. The molecule has 1 fully saturated rings. The van der Waals surface area contributed by atoms with E-state index in [-0.39, 0.29) is 12.2 Å². The third kappa shape index (κ3) is 2.74. The van der Waals surface area contributed by atoms with Gasteiger partial charge in [0.25, 0.3) is 0 Å². The maximum atomic E-state index is 11.8. The third-order valence-electron chi connectivity index (χ3n) is 2.28. The van der Waals surface area contributed by atoms with Gasteiger partial charge >= 0.3 is 0 Å². The van der Waals surface area contributed by atoms with Gasteiger partial charge in [-0.05, 0) is 18.2 Å². The van der Waals surface area contributed by atoms with Gasteiger partial charge in [0.05, 0.1) is 29.7 Å². The van der Waals surface area contributed by atoms with E-state index in [2.05, 4.69) is 0 Å². The molecule has 0 amide bonds. The predicted molar refractivity (Wildman–Crippen MR) is 61.1 cm³/mol. The lowest BCUT2D eigenvalue weighted by atomic mass is 10.1. The van der Waals surface area contributed by atoms with Crippen molar-refractivity contribution in [3.63, 3.8) is 0 Å². The topological polar surface area (TPSA) is 35.5 Å². The first-order valence-electron chi connectivity index (χ1n) is 4.88. The molecular weight excluding hydrogens is 251 g/mol. The van der Waals surface area contributed by atoms with Gasteiger partial charge in [-0.1, -0.05) is 23.2 Å². The van der Waals surface area contributed by atoms with Gasteiger partial charge in [-0.15, -0.1) is 0 Å². The summed E-state index contributed by atoms with van der Waals surface area (Å²) < 4.78 is 10.4. The molecule has 2 rings (SSSR count). The second-order valence-corrected chi connectivity index (χ2v) is 4.24. The summed E-state index contributed by atoms with van der Waals surface area (Å²) in [7, 11) is 0. The number of hydrogen-bond acceptors (Lipinski definition) is 3. The predicted octanol–water partition coefficient (Wildman–Crippen LogP) is 2.94. The fourth-order valence-electron chi connectivity index (χ4n) is 1.46. The molecule has 0 aliphatic carbocycles. The SMILES string of the molecule is O=C(CC1OCCO1)c1ccc(Cl)c(Cl)c1. The Morgan fingerprint density at radius 1 is 1.25 bits per heavy atom. The third-order valence-corrected chi connectivity index (χ3v) is 3.02. The molecule has 1 aliphatic rings. The van der Waals surface area contributed by atoms with Crippen LogP contribution in [0.2, 0.25) is 10.0 Å². The maximum absolute atomic E-state index is 11.8. The van der Waals surface area contributed by atoms with Crippen LogP contribution in [0.25, 0.3) is 0 Å². The van der Waals surface area contributed by atoms with Gasteiger partial charge in [-0.2, -0.15) is 0 Å². The fraction of sp³-hybridized carbons (Fsp3) is 0.364. The quantitative estimate of drug-likeness (QED) is 0.785. The van der Waals surface area contributed by atoms with Crippen LogP contribution in [-0.4, -0.2) is 25.3 Å². The summed E-state index contributed by atoms with van der Waals surface area (Å²) in [5.41, 5.74) is 0.522. The molecule has 0 aromatic heterocycles. The average Bonchev–Trinajstić information content (AvgIpc) is 2.74. The van der Waals surface area contributed by atoms with Crippen molar-refractivity contribution in [3.8, 4) is 0 Å². The minimum absolute atomic E-state index is 0.0644. The summed E-state index contributed by atoms with van der Waals surface area (Å²) in [5, 5.41) is 0.812. The van der Waals surface area contributed by atoms with E-state index >= 15 is 0 Å². The van der Waals surface area contributed by atoms with E-state index in [0.29, 0.717) is 28.8 Å². The number of ketones is 1. The molecule has 1 aliphatic heterocycles. The van der Waals surface area contributed by atoms with E-state index in [1.165, 1.54) is 0 Å². The largest absolute Gasteiger partial charge is 0.350 e. The van der Waals surface area contributed by atoms with Gasteiger partial charge in [-0.25, -0.2) is 0 Å². The Balaban J connectivity index is 2.05.